The van der Waals surface area contributed by atoms with E-state index in [4.69, 9.17) is 4.74 Å². The maximum atomic E-state index is 13.2. The number of ether oxygens (including phenoxy) is 1. The molecule has 2 heterocycles. The molecule has 2 atom stereocenters. The molecule has 0 unspecified atom stereocenters. The molecule has 0 radical (unpaired) electrons. The number of hydrogen-bond acceptors (Lipinski definition) is 4. The van der Waals surface area contributed by atoms with E-state index < -0.39 is 5.92 Å². The number of rotatable bonds is 3. The van der Waals surface area contributed by atoms with Crippen LogP contribution >= 0.6 is 0 Å². The molecule has 0 bridgehead atoms. The average molecular weight is 357 g/mol. The van der Waals surface area contributed by atoms with Crippen molar-refractivity contribution in [2.24, 2.45) is 5.92 Å². The molecule has 1 aromatic carbocycles. The lowest BCUT2D eigenvalue weighted by Crippen LogP contribution is -2.31. The minimum Gasteiger partial charge on any atom is -0.469 e. The highest BCUT2D eigenvalue weighted by molar-refractivity contribution is 5.95. The fraction of sp³-hybridized carbons (Fsp3) is 0.421. The van der Waals surface area contributed by atoms with Crippen molar-refractivity contribution in [1.82, 2.24) is 15.1 Å². The second kappa shape index (κ2) is 6.55. The highest BCUT2D eigenvalue weighted by atomic mass is 19.1. The summed E-state index contributed by atoms with van der Waals surface area (Å²) >= 11 is 0. The molecule has 136 valence electrons. The number of aromatic nitrogens is 2. The minimum atomic E-state index is -0.471. The van der Waals surface area contributed by atoms with E-state index in [0.29, 0.717) is 12.2 Å². The van der Waals surface area contributed by atoms with Crippen molar-refractivity contribution in [3.8, 4) is 0 Å². The van der Waals surface area contributed by atoms with Crippen LogP contribution in [-0.2, 0) is 22.4 Å². The molecule has 26 heavy (non-hydrogen) atoms. The monoisotopic (exact) mass is 357 g/mol. The van der Waals surface area contributed by atoms with Crippen LogP contribution in [0.25, 0.3) is 0 Å². The van der Waals surface area contributed by atoms with Gasteiger partial charge in [0.25, 0.3) is 5.91 Å². The molecular formula is C19H20FN3O3. The first-order chi connectivity index (χ1) is 12.6. The Morgan fingerprint density at radius 1 is 1.23 bits per heavy atom. The molecule has 1 saturated heterocycles. The highest BCUT2D eigenvalue weighted by Gasteiger charge is 2.42. The van der Waals surface area contributed by atoms with Crippen LogP contribution in [0.2, 0.25) is 0 Å². The summed E-state index contributed by atoms with van der Waals surface area (Å²) < 4.78 is 18.2. The van der Waals surface area contributed by atoms with Crippen LogP contribution in [0.1, 0.15) is 39.6 Å². The molecule has 6 nitrogen and oxygen atoms in total. The molecule has 0 saturated carbocycles. The fourth-order valence-electron chi connectivity index (χ4n) is 4.05. The summed E-state index contributed by atoms with van der Waals surface area (Å²) in [5.74, 6) is -1.55. The first kappa shape index (κ1) is 16.8. The van der Waals surface area contributed by atoms with Crippen LogP contribution in [0.3, 0.4) is 0 Å². The van der Waals surface area contributed by atoms with Crippen LogP contribution in [0.4, 0.5) is 4.39 Å². The van der Waals surface area contributed by atoms with Gasteiger partial charge in [-0.25, -0.2) is 4.39 Å². The van der Waals surface area contributed by atoms with Crippen LogP contribution in [0.15, 0.2) is 24.3 Å². The Bertz CT molecular complexity index is 846. The Hall–Kier alpha value is -2.70. The van der Waals surface area contributed by atoms with Gasteiger partial charge in [0.1, 0.15) is 5.82 Å². The number of halogens is 1. The van der Waals surface area contributed by atoms with Gasteiger partial charge in [0, 0.05) is 30.3 Å². The number of methoxy groups -OCH3 is 1. The Labute approximate surface area is 150 Å². The average Bonchev–Trinajstić information content (AvgIpc) is 3.36. The van der Waals surface area contributed by atoms with E-state index in [-0.39, 0.29) is 30.2 Å². The molecule has 1 aromatic heterocycles. The number of carbonyl (C=O) groups excluding carboxylic acids is 2. The third-order valence-electron chi connectivity index (χ3n) is 5.42. The van der Waals surface area contributed by atoms with E-state index >= 15 is 0 Å². The van der Waals surface area contributed by atoms with Crippen molar-refractivity contribution in [3.63, 3.8) is 0 Å². The largest absolute Gasteiger partial charge is 0.469 e. The van der Waals surface area contributed by atoms with Gasteiger partial charge in [0.2, 0.25) is 0 Å². The Balaban J connectivity index is 1.61. The Morgan fingerprint density at radius 3 is 2.73 bits per heavy atom. The number of aryl methyl sites for hydroxylation is 1. The zero-order chi connectivity index (χ0) is 18.3. The number of carbonyl (C=O) groups is 2. The van der Waals surface area contributed by atoms with Crippen molar-refractivity contribution in [2.75, 3.05) is 20.2 Å². The van der Waals surface area contributed by atoms with Gasteiger partial charge in [0.15, 0.2) is 5.69 Å². The molecule has 2 aliphatic rings. The van der Waals surface area contributed by atoms with Crippen molar-refractivity contribution in [3.05, 3.63) is 52.6 Å². The van der Waals surface area contributed by atoms with Gasteiger partial charge in [-0.15, -0.1) is 0 Å². The lowest BCUT2D eigenvalue weighted by atomic mass is 9.89. The zero-order valence-corrected chi connectivity index (χ0v) is 14.5. The van der Waals surface area contributed by atoms with Crippen molar-refractivity contribution in [1.29, 1.82) is 0 Å². The Kier molecular flexibility index (Phi) is 4.22. The van der Waals surface area contributed by atoms with Crippen LogP contribution in [0.5, 0.6) is 0 Å². The fourth-order valence-corrected chi connectivity index (χ4v) is 4.05. The molecule has 1 amide bonds. The summed E-state index contributed by atoms with van der Waals surface area (Å²) in [4.78, 5) is 26.9. The number of H-pyrrole nitrogens is 1. The summed E-state index contributed by atoms with van der Waals surface area (Å²) in [6, 6.07) is 6.07. The number of nitrogens with one attached hydrogen (secondary N) is 1. The highest BCUT2D eigenvalue weighted by Crippen LogP contribution is 2.35. The van der Waals surface area contributed by atoms with Crippen LogP contribution in [-0.4, -0.2) is 47.2 Å². The number of likely N-dealkylation sites (tertiary alicyclic amines) is 1. The van der Waals surface area contributed by atoms with Gasteiger partial charge in [-0.05, 0) is 37.0 Å². The molecule has 1 fully saturated rings. The second-order valence-electron chi connectivity index (χ2n) is 6.88. The third-order valence-corrected chi connectivity index (χ3v) is 5.42. The number of fused-ring (bicyclic) bond motifs is 1. The number of hydrogen-bond donors (Lipinski definition) is 1. The molecule has 1 aliphatic heterocycles. The summed E-state index contributed by atoms with van der Waals surface area (Å²) in [5, 5.41) is 7.15. The molecule has 7 heteroatoms. The predicted molar refractivity (Wildman–Crippen MR) is 91.2 cm³/mol. The van der Waals surface area contributed by atoms with E-state index in [9.17, 15) is 14.0 Å². The number of benzene rings is 1. The summed E-state index contributed by atoms with van der Waals surface area (Å²) in [5.41, 5.74) is 3.31. The predicted octanol–water partition coefficient (Wildman–Crippen LogP) is 2.07. The zero-order valence-electron chi connectivity index (χ0n) is 14.5. The van der Waals surface area contributed by atoms with Crippen LogP contribution < -0.4 is 0 Å². The second-order valence-corrected chi connectivity index (χ2v) is 6.88. The molecule has 1 aliphatic carbocycles. The van der Waals surface area contributed by atoms with E-state index in [2.05, 4.69) is 10.2 Å². The SMILES string of the molecule is COC(=O)[C@H]1CN(C(=O)c2n[nH]c3c2CCC3)C[C@@H]1c1ccc(F)cc1. The van der Waals surface area contributed by atoms with E-state index in [0.717, 1.165) is 36.1 Å². The lowest BCUT2D eigenvalue weighted by molar-refractivity contribution is -0.145. The molecular weight excluding hydrogens is 337 g/mol. The number of esters is 1. The van der Waals surface area contributed by atoms with E-state index in [1.54, 1.807) is 17.0 Å². The molecule has 4 rings (SSSR count). The first-order valence-electron chi connectivity index (χ1n) is 8.77. The van der Waals surface area contributed by atoms with Crippen molar-refractivity contribution in [2.45, 2.75) is 25.2 Å². The standard InChI is InChI=1S/C19H20FN3O3/c1-26-19(25)15-10-23(9-14(15)11-5-7-12(20)8-6-11)18(24)17-13-3-2-4-16(13)21-22-17/h5-8,14-15H,2-4,9-10H2,1H3,(H,21,22)/t14-,15+/m1/s1. The van der Waals surface area contributed by atoms with Gasteiger partial charge >= 0.3 is 5.97 Å². The van der Waals surface area contributed by atoms with Gasteiger partial charge in [-0.1, -0.05) is 12.1 Å². The quantitative estimate of drug-likeness (QED) is 0.854. The van der Waals surface area contributed by atoms with Gasteiger partial charge in [-0.2, -0.15) is 5.10 Å². The van der Waals surface area contributed by atoms with E-state index in [1.807, 2.05) is 0 Å². The molecule has 1 N–H and O–H groups in total. The van der Waals surface area contributed by atoms with Gasteiger partial charge < -0.3 is 9.64 Å². The first-order valence-corrected chi connectivity index (χ1v) is 8.77. The lowest BCUT2D eigenvalue weighted by Gasteiger charge is -2.16. The third kappa shape index (κ3) is 2.77. The van der Waals surface area contributed by atoms with Crippen molar-refractivity contribution >= 4 is 11.9 Å². The summed E-state index contributed by atoms with van der Waals surface area (Å²) in [6.07, 6.45) is 2.79. The maximum absolute atomic E-state index is 13.2. The minimum absolute atomic E-state index is 0.164. The smallest absolute Gasteiger partial charge is 0.311 e. The number of aromatic amines is 1. The van der Waals surface area contributed by atoms with Gasteiger partial charge in [0.05, 0.1) is 13.0 Å². The molecule has 2 aromatic rings. The number of amides is 1. The topological polar surface area (TPSA) is 75.3 Å². The van der Waals surface area contributed by atoms with Gasteiger partial charge in [-0.3, -0.25) is 14.7 Å². The van der Waals surface area contributed by atoms with Crippen molar-refractivity contribution < 1.29 is 18.7 Å². The number of nitrogens with zero attached hydrogens (tertiary/aromatic N) is 2. The maximum Gasteiger partial charge on any atom is 0.311 e. The normalized spacial score (nSPS) is 21.7. The summed E-state index contributed by atoms with van der Waals surface area (Å²) in [6.45, 7) is 0.654. The molecule has 0 spiro atoms. The van der Waals surface area contributed by atoms with Crippen LogP contribution in [0, 0.1) is 11.7 Å². The van der Waals surface area contributed by atoms with E-state index in [1.165, 1.54) is 19.2 Å². The summed E-state index contributed by atoms with van der Waals surface area (Å²) in [7, 11) is 1.34. The Morgan fingerprint density at radius 2 is 2.00 bits per heavy atom.